The number of hydrogen-bond donors (Lipinski definition) is 1. The van der Waals surface area contributed by atoms with Gasteiger partial charge in [0, 0.05) is 17.0 Å². The summed E-state index contributed by atoms with van der Waals surface area (Å²) in [6, 6.07) is 0. The molecule has 2 aromatic rings. The maximum atomic E-state index is 5.65. The smallest absolute Gasteiger partial charge is 0.145 e. The first-order valence-corrected chi connectivity index (χ1v) is 4.69. The minimum atomic E-state index is 0.713. The number of thiazole rings is 1. The van der Waals surface area contributed by atoms with Crippen LogP contribution < -0.4 is 5.73 Å². The fraction of sp³-hybridized carbons (Fsp3) is 0. The summed E-state index contributed by atoms with van der Waals surface area (Å²) in [5.41, 5.74) is 7.17. The van der Waals surface area contributed by atoms with Crippen LogP contribution in [0.25, 0.3) is 10.7 Å². The summed E-state index contributed by atoms with van der Waals surface area (Å²) in [5.74, 6) is 0. The fourth-order valence-electron chi connectivity index (χ4n) is 0.747. The molecule has 2 aromatic heterocycles. The van der Waals surface area contributed by atoms with Crippen molar-refractivity contribution in [2.24, 2.45) is 0 Å². The highest BCUT2D eigenvalue weighted by Gasteiger charge is 2.06. The van der Waals surface area contributed by atoms with Gasteiger partial charge in [0.15, 0.2) is 0 Å². The summed E-state index contributed by atoms with van der Waals surface area (Å²) < 4.78 is 4.12. The molecule has 2 N–H and O–H groups in total. The SMILES string of the molecule is Nc1csnc1-c1nccs1. The van der Waals surface area contributed by atoms with E-state index in [4.69, 9.17) is 5.73 Å². The molecule has 0 spiro atoms. The third-order valence-electron chi connectivity index (χ3n) is 1.23. The van der Waals surface area contributed by atoms with Crippen molar-refractivity contribution in [1.29, 1.82) is 0 Å². The highest BCUT2D eigenvalue weighted by atomic mass is 32.1. The van der Waals surface area contributed by atoms with Crippen LogP contribution in [0.1, 0.15) is 0 Å². The van der Waals surface area contributed by atoms with E-state index in [0.29, 0.717) is 5.69 Å². The van der Waals surface area contributed by atoms with Crippen molar-refractivity contribution in [3.63, 3.8) is 0 Å². The molecule has 5 heteroatoms. The number of anilines is 1. The van der Waals surface area contributed by atoms with E-state index in [9.17, 15) is 0 Å². The van der Waals surface area contributed by atoms with E-state index in [1.165, 1.54) is 11.5 Å². The summed E-state index contributed by atoms with van der Waals surface area (Å²) in [4.78, 5) is 4.10. The number of hydrogen-bond acceptors (Lipinski definition) is 5. The van der Waals surface area contributed by atoms with Gasteiger partial charge in [0.2, 0.25) is 0 Å². The number of nitrogen functional groups attached to an aromatic ring is 1. The van der Waals surface area contributed by atoms with E-state index in [-0.39, 0.29) is 0 Å². The molecule has 0 saturated heterocycles. The Bertz CT molecular complexity index is 338. The second-order valence-corrected chi connectivity index (χ2v) is 3.48. The third-order valence-corrected chi connectivity index (χ3v) is 2.66. The van der Waals surface area contributed by atoms with Gasteiger partial charge < -0.3 is 5.73 Å². The van der Waals surface area contributed by atoms with Gasteiger partial charge in [-0.05, 0) is 11.5 Å². The van der Waals surface area contributed by atoms with Crippen LogP contribution in [0.4, 0.5) is 5.69 Å². The minimum Gasteiger partial charge on any atom is -0.396 e. The Kier molecular flexibility index (Phi) is 1.59. The van der Waals surface area contributed by atoms with Gasteiger partial charge in [-0.3, -0.25) is 0 Å². The van der Waals surface area contributed by atoms with Crippen molar-refractivity contribution < 1.29 is 0 Å². The average Bonchev–Trinajstić information content (AvgIpc) is 2.55. The normalized spacial score (nSPS) is 10.2. The van der Waals surface area contributed by atoms with Gasteiger partial charge >= 0.3 is 0 Å². The van der Waals surface area contributed by atoms with Crippen molar-refractivity contribution in [1.82, 2.24) is 9.36 Å². The molecule has 0 aliphatic rings. The molecule has 2 heterocycles. The van der Waals surface area contributed by atoms with Crippen LogP contribution in [0, 0.1) is 0 Å². The lowest BCUT2D eigenvalue weighted by atomic mass is 10.4. The van der Waals surface area contributed by atoms with Crippen LogP contribution >= 0.6 is 22.9 Å². The van der Waals surface area contributed by atoms with E-state index in [1.807, 2.05) is 10.8 Å². The molecule has 3 nitrogen and oxygen atoms in total. The summed E-state index contributed by atoms with van der Waals surface area (Å²) in [7, 11) is 0. The fourth-order valence-corrected chi connectivity index (χ4v) is 2.03. The Labute approximate surface area is 71.7 Å². The zero-order valence-corrected chi connectivity index (χ0v) is 7.15. The van der Waals surface area contributed by atoms with Crippen molar-refractivity contribution in [3.05, 3.63) is 17.0 Å². The quantitative estimate of drug-likeness (QED) is 0.734. The van der Waals surface area contributed by atoms with Gasteiger partial charge in [0.1, 0.15) is 10.7 Å². The average molecular weight is 183 g/mol. The topological polar surface area (TPSA) is 51.8 Å². The molecule has 0 saturated carbocycles. The molecular weight excluding hydrogens is 178 g/mol. The van der Waals surface area contributed by atoms with Crippen LogP contribution in [0.3, 0.4) is 0 Å². The largest absolute Gasteiger partial charge is 0.396 e. The number of aromatic nitrogens is 2. The maximum Gasteiger partial charge on any atom is 0.145 e. The molecule has 0 amide bonds. The lowest BCUT2D eigenvalue weighted by molar-refractivity contribution is 1.39. The van der Waals surface area contributed by atoms with Gasteiger partial charge in [0.05, 0.1) is 5.69 Å². The van der Waals surface area contributed by atoms with Crippen molar-refractivity contribution in [3.8, 4) is 10.7 Å². The molecule has 0 unspecified atom stereocenters. The van der Waals surface area contributed by atoms with E-state index in [0.717, 1.165) is 10.7 Å². The Morgan fingerprint density at radius 1 is 1.45 bits per heavy atom. The van der Waals surface area contributed by atoms with Crippen LogP contribution in [0.15, 0.2) is 17.0 Å². The van der Waals surface area contributed by atoms with Gasteiger partial charge in [-0.2, -0.15) is 4.37 Å². The van der Waals surface area contributed by atoms with Crippen molar-refractivity contribution in [2.45, 2.75) is 0 Å². The molecule has 0 aliphatic heterocycles. The standard InChI is InChI=1S/C6H5N3S2/c7-4-3-11-9-5(4)6-8-1-2-10-6/h1-3H,7H2. The Balaban J connectivity index is 2.53. The van der Waals surface area contributed by atoms with E-state index in [1.54, 1.807) is 17.5 Å². The number of nitrogens with zero attached hydrogens (tertiary/aromatic N) is 2. The highest BCUT2D eigenvalue weighted by Crippen LogP contribution is 2.26. The second-order valence-electron chi connectivity index (χ2n) is 1.96. The van der Waals surface area contributed by atoms with E-state index >= 15 is 0 Å². The van der Waals surface area contributed by atoms with Crippen LogP contribution in [0.2, 0.25) is 0 Å². The van der Waals surface area contributed by atoms with Crippen molar-refractivity contribution >= 4 is 28.6 Å². The number of nitrogens with two attached hydrogens (primary N) is 1. The second kappa shape index (κ2) is 2.60. The highest BCUT2D eigenvalue weighted by molar-refractivity contribution is 7.13. The van der Waals surface area contributed by atoms with Crippen LogP contribution in [-0.2, 0) is 0 Å². The van der Waals surface area contributed by atoms with Crippen LogP contribution in [-0.4, -0.2) is 9.36 Å². The molecular formula is C6H5N3S2. The molecule has 0 aromatic carbocycles. The Hall–Kier alpha value is -0.940. The first kappa shape index (κ1) is 6.75. The summed E-state index contributed by atoms with van der Waals surface area (Å²) in [6.07, 6.45) is 1.75. The van der Waals surface area contributed by atoms with Crippen molar-refractivity contribution in [2.75, 3.05) is 5.73 Å². The zero-order chi connectivity index (χ0) is 7.68. The molecule has 0 atom stereocenters. The minimum absolute atomic E-state index is 0.713. The summed E-state index contributed by atoms with van der Waals surface area (Å²) in [6.45, 7) is 0. The van der Waals surface area contributed by atoms with Gasteiger partial charge in [-0.15, -0.1) is 11.3 Å². The Morgan fingerprint density at radius 3 is 2.91 bits per heavy atom. The predicted molar refractivity (Wildman–Crippen MR) is 47.6 cm³/mol. The molecule has 0 bridgehead atoms. The summed E-state index contributed by atoms with van der Waals surface area (Å²) in [5, 5.41) is 4.62. The lowest BCUT2D eigenvalue weighted by Gasteiger charge is -1.88. The zero-order valence-electron chi connectivity index (χ0n) is 5.52. The van der Waals surface area contributed by atoms with E-state index < -0.39 is 0 Å². The van der Waals surface area contributed by atoms with Gasteiger partial charge in [0.25, 0.3) is 0 Å². The monoisotopic (exact) mass is 183 g/mol. The molecule has 0 radical (unpaired) electrons. The molecule has 0 fully saturated rings. The van der Waals surface area contributed by atoms with Gasteiger partial charge in [-0.1, -0.05) is 0 Å². The summed E-state index contributed by atoms with van der Waals surface area (Å²) >= 11 is 2.90. The molecule has 11 heavy (non-hydrogen) atoms. The van der Waals surface area contributed by atoms with Crippen LogP contribution in [0.5, 0.6) is 0 Å². The maximum absolute atomic E-state index is 5.65. The predicted octanol–water partition coefficient (Wildman–Crippen LogP) is 1.85. The molecule has 2 rings (SSSR count). The molecule has 56 valence electrons. The Morgan fingerprint density at radius 2 is 2.36 bits per heavy atom. The third kappa shape index (κ3) is 1.12. The first-order valence-electron chi connectivity index (χ1n) is 2.97. The van der Waals surface area contributed by atoms with Gasteiger partial charge in [-0.25, -0.2) is 4.98 Å². The first-order chi connectivity index (χ1) is 5.38. The van der Waals surface area contributed by atoms with E-state index in [2.05, 4.69) is 9.36 Å². The lowest BCUT2D eigenvalue weighted by Crippen LogP contribution is -1.84. The molecule has 0 aliphatic carbocycles. The number of rotatable bonds is 1.